The van der Waals surface area contributed by atoms with Gasteiger partial charge in [-0.05, 0) is 43.2 Å². The maximum Gasteiger partial charge on any atom is 0.328 e. The largest absolute Gasteiger partial charge is 0.497 e. The highest BCUT2D eigenvalue weighted by molar-refractivity contribution is 5.85. The van der Waals surface area contributed by atoms with Gasteiger partial charge in [0, 0.05) is 25.2 Å². The highest BCUT2D eigenvalue weighted by Gasteiger charge is 2.12. The van der Waals surface area contributed by atoms with Crippen LogP contribution in [0.25, 0.3) is 6.08 Å². The minimum absolute atomic E-state index is 0.0858. The average molecular weight is 293 g/mol. The van der Waals surface area contributed by atoms with Crippen molar-refractivity contribution >= 4 is 12.0 Å². The standard InChI is InChI=1S/C16H23NO4/c1-12(2)17(8-9-18)11-14-10-15(21-3)6-4-13(14)5-7-16(19)20/h4-7,10,12,18H,8-9,11H2,1-3H3,(H,19,20). The number of rotatable bonds is 8. The molecule has 0 spiro atoms. The van der Waals surface area contributed by atoms with Gasteiger partial charge >= 0.3 is 5.97 Å². The summed E-state index contributed by atoms with van der Waals surface area (Å²) in [5.41, 5.74) is 1.80. The van der Waals surface area contributed by atoms with Gasteiger partial charge in [0.05, 0.1) is 13.7 Å². The minimum atomic E-state index is -0.979. The zero-order chi connectivity index (χ0) is 15.8. The van der Waals surface area contributed by atoms with Gasteiger partial charge in [-0.1, -0.05) is 6.07 Å². The number of carboxylic acid groups (broad SMARTS) is 1. The molecule has 0 heterocycles. The first kappa shape index (κ1) is 17.2. The third kappa shape index (κ3) is 5.57. The van der Waals surface area contributed by atoms with Crippen LogP contribution in [0.2, 0.25) is 0 Å². The molecule has 0 aromatic heterocycles. The van der Waals surface area contributed by atoms with Gasteiger partial charge in [-0.25, -0.2) is 4.79 Å². The fourth-order valence-corrected chi connectivity index (χ4v) is 2.04. The van der Waals surface area contributed by atoms with Crippen LogP contribution in [0.3, 0.4) is 0 Å². The van der Waals surface area contributed by atoms with Crippen LogP contribution in [0.4, 0.5) is 0 Å². The molecular weight excluding hydrogens is 270 g/mol. The number of aliphatic carboxylic acids is 1. The van der Waals surface area contributed by atoms with Gasteiger partial charge in [-0.2, -0.15) is 0 Å². The Morgan fingerprint density at radius 3 is 2.67 bits per heavy atom. The molecule has 0 bridgehead atoms. The van der Waals surface area contributed by atoms with Crippen LogP contribution in [0, 0.1) is 0 Å². The van der Waals surface area contributed by atoms with Crippen molar-refractivity contribution in [3.05, 3.63) is 35.4 Å². The number of carbonyl (C=O) groups is 1. The fraction of sp³-hybridized carbons (Fsp3) is 0.438. The first-order valence-electron chi connectivity index (χ1n) is 6.90. The van der Waals surface area contributed by atoms with E-state index < -0.39 is 5.97 Å². The number of ether oxygens (including phenoxy) is 1. The second-order valence-electron chi connectivity index (χ2n) is 5.02. The summed E-state index contributed by atoms with van der Waals surface area (Å²) in [6.07, 6.45) is 2.70. The fourth-order valence-electron chi connectivity index (χ4n) is 2.04. The van der Waals surface area contributed by atoms with E-state index in [9.17, 15) is 4.79 Å². The summed E-state index contributed by atoms with van der Waals surface area (Å²) < 4.78 is 5.23. The Balaban J connectivity index is 3.07. The van der Waals surface area contributed by atoms with Crippen LogP contribution < -0.4 is 4.74 Å². The van der Waals surface area contributed by atoms with E-state index in [2.05, 4.69) is 18.7 Å². The molecule has 0 saturated heterocycles. The Bertz CT molecular complexity index is 497. The molecule has 0 radical (unpaired) electrons. The zero-order valence-corrected chi connectivity index (χ0v) is 12.7. The zero-order valence-electron chi connectivity index (χ0n) is 12.7. The lowest BCUT2D eigenvalue weighted by Crippen LogP contribution is -2.33. The quantitative estimate of drug-likeness (QED) is 0.717. The smallest absolute Gasteiger partial charge is 0.328 e. The molecule has 5 nitrogen and oxygen atoms in total. The van der Waals surface area contributed by atoms with Gasteiger partial charge in [0.25, 0.3) is 0 Å². The minimum Gasteiger partial charge on any atom is -0.497 e. The highest BCUT2D eigenvalue weighted by atomic mass is 16.5. The van der Waals surface area contributed by atoms with Crippen molar-refractivity contribution in [2.24, 2.45) is 0 Å². The Morgan fingerprint density at radius 2 is 2.14 bits per heavy atom. The lowest BCUT2D eigenvalue weighted by molar-refractivity contribution is -0.131. The van der Waals surface area contributed by atoms with Gasteiger partial charge in [-0.15, -0.1) is 0 Å². The van der Waals surface area contributed by atoms with E-state index in [1.54, 1.807) is 19.3 Å². The van der Waals surface area contributed by atoms with Crippen molar-refractivity contribution in [3.8, 4) is 5.75 Å². The highest BCUT2D eigenvalue weighted by Crippen LogP contribution is 2.21. The average Bonchev–Trinajstić information content (AvgIpc) is 2.44. The predicted molar refractivity (Wildman–Crippen MR) is 82.3 cm³/mol. The molecule has 116 valence electrons. The summed E-state index contributed by atoms with van der Waals surface area (Å²) in [7, 11) is 1.60. The van der Waals surface area contributed by atoms with Crippen molar-refractivity contribution < 1.29 is 19.7 Å². The summed E-state index contributed by atoms with van der Waals surface area (Å²) >= 11 is 0. The molecule has 0 saturated carbocycles. The summed E-state index contributed by atoms with van der Waals surface area (Å²) in [4.78, 5) is 12.8. The summed E-state index contributed by atoms with van der Waals surface area (Å²) in [5, 5.41) is 17.9. The number of methoxy groups -OCH3 is 1. The van der Waals surface area contributed by atoms with Crippen molar-refractivity contribution in [1.82, 2.24) is 4.90 Å². The molecule has 2 N–H and O–H groups in total. The van der Waals surface area contributed by atoms with Crippen molar-refractivity contribution in [2.45, 2.75) is 26.4 Å². The second kappa shape index (κ2) is 8.44. The van der Waals surface area contributed by atoms with Gasteiger partial charge in [0.15, 0.2) is 0 Å². The summed E-state index contributed by atoms with van der Waals surface area (Å²) in [6, 6.07) is 5.82. The van der Waals surface area contributed by atoms with Crippen LogP contribution >= 0.6 is 0 Å². The molecule has 5 heteroatoms. The molecule has 0 aliphatic heterocycles. The number of nitrogens with zero attached hydrogens (tertiary/aromatic N) is 1. The molecule has 0 aliphatic rings. The number of carboxylic acids is 1. The SMILES string of the molecule is COc1ccc(C=CC(=O)O)c(CN(CCO)C(C)C)c1. The molecule has 0 unspecified atom stereocenters. The first-order valence-corrected chi connectivity index (χ1v) is 6.90. The van der Waals surface area contributed by atoms with E-state index in [0.717, 1.165) is 23.0 Å². The Morgan fingerprint density at radius 1 is 1.43 bits per heavy atom. The number of benzene rings is 1. The van der Waals surface area contributed by atoms with Crippen molar-refractivity contribution in [1.29, 1.82) is 0 Å². The van der Waals surface area contributed by atoms with Gasteiger partial charge in [-0.3, -0.25) is 4.90 Å². The number of hydrogen-bond acceptors (Lipinski definition) is 4. The first-order chi connectivity index (χ1) is 9.97. The Hall–Kier alpha value is -1.85. The van der Waals surface area contributed by atoms with Crippen LogP contribution in [0.15, 0.2) is 24.3 Å². The van der Waals surface area contributed by atoms with E-state index in [1.165, 1.54) is 0 Å². The van der Waals surface area contributed by atoms with Crippen LogP contribution in [0.5, 0.6) is 5.75 Å². The molecular formula is C16H23NO4. The maximum absolute atomic E-state index is 10.7. The Labute approximate surface area is 125 Å². The van der Waals surface area contributed by atoms with E-state index in [-0.39, 0.29) is 12.6 Å². The third-order valence-electron chi connectivity index (χ3n) is 3.25. The number of aliphatic hydroxyl groups is 1. The third-order valence-corrected chi connectivity index (χ3v) is 3.25. The van der Waals surface area contributed by atoms with E-state index in [0.29, 0.717) is 13.1 Å². The molecule has 1 aromatic carbocycles. The molecule has 1 rings (SSSR count). The van der Waals surface area contributed by atoms with Crippen molar-refractivity contribution in [2.75, 3.05) is 20.3 Å². The van der Waals surface area contributed by atoms with Gasteiger partial charge < -0.3 is 14.9 Å². The van der Waals surface area contributed by atoms with Crippen molar-refractivity contribution in [3.63, 3.8) is 0 Å². The topological polar surface area (TPSA) is 70.0 Å². The lowest BCUT2D eigenvalue weighted by atomic mass is 10.0. The normalized spacial score (nSPS) is 11.5. The van der Waals surface area contributed by atoms with E-state index in [4.69, 9.17) is 14.9 Å². The van der Waals surface area contributed by atoms with Crippen LogP contribution in [-0.2, 0) is 11.3 Å². The van der Waals surface area contributed by atoms with Crippen LogP contribution in [0.1, 0.15) is 25.0 Å². The van der Waals surface area contributed by atoms with E-state index >= 15 is 0 Å². The number of aliphatic hydroxyl groups excluding tert-OH is 1. The van der Waals surface area contributed by atoms with Crippen LogP contribution in [-0.4, -0.2) is 47.4 Å². The molecule has 0 amide bonds. The number of hydrogen-bond donors (Lipinski definition) is 2. The van der Waals surface area contributed by atoms with Gasteiger partial charge in [0.1, 0.15) is 5.75 Å². The molecule has 0 aliphatic carbocycles. The monoisotopic (exact) mass is 293 g/mol. The van der Waals surface area contributed by atoms with E-state index in [1.807, 2.05) is 12.1 Å². The predicted octanol–water partition coefficient (Wildman–Crippen LogP) is 2.00. The molecule has 0 atom stereocenters. The lowest BCUT2D eigenvalue weighted by Gasteiger charge is -2.26. The molecule has 1 aromatic rings. The summed E-state index contributed by atoms with van der Waals surface area (Å²) in [6.45, 7) is 5.39. The Kier molecular flexibility index (Phi) is 6.91. The maximum atomic E-state index is 10.7. The van der Waals surface area contributed by atoms with Gasteiger partial charge in [0.2, 0.25) is 0 Å². The molecule has 21 heavy (non-hydrogen) atoms. The molecule has 0 fully saturated rings. The summed E-state index contributed by atoms with van der Waals surface area (Å²) in [5.74, 6) is -0.252. The second-order valence-corrected chi connectivity index (χ2v) is 5.02.